The van der Waals surface area contributed by atoms with Gasteiger partial charge in [-0.05, 0) is 30.3 Å². The first-order valence-electron chi connectivity index (χ1n) is 9.90. The summed E-state index contributed by atoms with van der Waals surface area (Å²) < 4.78 is 38.4. The topological polar surface area (TPSA) is 181 Å². The summed E-state index contributed by atoms with van der Waals surface area (Å²) in [5.74, 6) is -3.15. The maximum Gasteiger partial charge on any atom is 0.363 e. The summed E-state index contributed by atoms with van der Waals surface area (Å²) in [6, 6.07) is 6.61. The molecule has 1 aliphatic rings. The molecule has 12 nitrogen and oxygen atoms in total. The van der Waals surface area contributed by atoms with Crippen LogP contribution < -0.4 is 5.63 Å². The van der Waals surface area contributed by atoms with Crippen molar-refractivity contribution in [1.29, 1.82) is 0 Å². The van der Waals surface area contributed by atoms with Crippen molar-refractivity contribution >= 4 is 72.0 Å². The molecule has 2 amide bonds. The standard InChI is InChI=1S/C21H11ClN2O10S2/c22-11-6-9-5-10(21(29)33-17(9)18(16(11)27)36(30,31)32)19-23-12-2-1-8(7-13(12)35-19)20(28)34-24-14(25)3-4-15(24)26/h1-2,5-7,27H,3-4H2,(H,30,31,32). The first kappa shape index (κ1) is 23.9. The Bertz CT molecular complexity index is 1790. The van der Waals surface area contributed by atoms with Gasteiger partial charge in [0.15, 0.2) is 16.2 Å². The van der Waals surface area contributed by atoms with Crippen LogP contribution in [0.3, 0.4) is 0 Å². The number of carbonyl (C=O) groups is 3. The number of benzene rings is 2. The van der Waals surface area contributed by atoms with E-state index in [9.17, 15) is 37.3 Å². The highest BCUT2D eigenvalue weighted by Gasteiger charge is 2.33. The highest BCUT2D eigenvalue weighted by Crippen LogP contribution is 2.39. The van der Waals surface area contributed by atoms with Crippen molar-refractivity contribution in [3.8, 4) is 16.3 Å². The van der Waals surface area contributed by atoms with Crippen molar-refractivity contribution in [1.82, 2.24) is 10.0 Å². The molecule has 1 saturated heterocycles. The van der Waals surface area contributed by atoms with Crippen molar-refractivity contribution in [3.63, 3.8) is 0 Å². The Labute approximate surface area is 209 Å². The van der Waals surface area contributed by atoms with E-state index in [0.29, 0.717) is 15.3 Å². The minimum absolute atomic E-state index is 0.0107. The summed E-state index contributed by atoms with van der Waals surface area (Å²) in [5.41, 5.74) is -1.27. The van der Waals surface area contributed by atoms with Gasteiger partial charge in [0.2, 0.25) is 0 Å². The first-order valence-corrected chi connectivity index (χ1v) is 12.5. The average molecular weight is 551 g/mol. The smallest absolute Gasteiger partial charge is 0.363 e. The van der Waals surface area contributed by atoms with Gasteiger partial charge >= 0.3 is 21.7 Å². The number of carbonyl (C=O) groups excluding carboxylic acids is 3. The fourth-order valence-corrected chi connectivity index (χ4v) is 5.57. The molecule has 2 aromatic heterocycles. The zero-order chi connectivity index (χ0) is 25.9. The lowest BCUT2D eigenvalue weighted by molar-refractivity contribution is -0.172. The molecule has 36 heavy (non-hydrogen) atoms. The van der Waals surface area contributed by atoms with Crippen LogP contribution in [0.2, 0.25) is 5.02 Å². The number of hydrogen-bond acceptors (Lipinski definition) is 11. The van der Waals surface area contributed by atoms with Crippen molar-refractivity contribution in [2.24, 2.45) is 0 Å². The average Bonchev–Trinajstić information content (AvgIpc) is 3.36. The zero-order valence-electron chi connectivity index (χ0n) is 17.6. The van der Waals surface area contributed by atoms with Crippen molar-refractivity contribution < 1.29 is 41.7 Å². The summed E-state index contributed by atoms with van der Waals surface area (Å²) in [6.45, 7) is 0. The Hall–Kier alpha value is -3.85. The first-order chi connectivity index (χ1) is 16.9. The van der Waals surface area contributed by atoms with Crippen LogP contribution in [0.5, 0.6) is 5.75 Å². The predicted octanol–water partition coefficient (Wildman–Crippen LogP) is 2.90. The predicted molar refractivity (Wildman–Crippen MR) is 124 cm³/mol. The van der Waals surface area contributed by atoms with E-state index in [-0.39, 0.29) is 34.4 Å². The van der Waals surface area contributed by atoms with Crippen LogP contribution in [0.1, 0.15) is 23.2 Å². The number of fused-ring (bicyclic) bond motifs is 2. The van der Waals surface area contributed by atoms with Crippen LogP contribution in [-0.2, 0) is 24.5 Å². The third-order valence-corrected chi connectivity index (χ3v) is 7.43. The molecule has 0 saturated carbocycles. The quantitative estimate of drug-likeness (QED) is 0.216. The molecule has 4 aromatic rings. The van der Waals surface area contributed by atoms with Crippen molar-refractivity contribution in [3.05, 3.63) is 51.3 Å². The van der Waals surface area contributed by atoms with Gasteiger partial charge in [-0.25, -0.2) is 14.6 Å². The number of amides is 2. The second kappa shape index (κ2) is 8.37. The molecule has 2 N–H and O–H groups in total. The molecule has 3 heterocycles. The summed E-state index contributed by atoms with van der Waals surface area (Å²) in [6.07, 6.45) is -0.0947. The van der Waals surface area contributed by atoms with Crippen LogP contribution >= 0.6 is 22.9 Å². The molecule has 2 aromatic carbocycles. The SMILES string of the molecule is O=C(ON1C(=O)CCC1=O)c1ccc2nc(-c3cc4cc(Cl)c(O)c(S(=O)(=O)O)c4oc3=O)sc2c1. The highest BCUT2D eigenvalue weighted by molar-refractivity contribution is 7.86. The maximum atomic E-state index is 12.7. The minimum atomic E-state index is -5.00. The minimum Gasteiger partial charge on any atom is -0.505 e. The maximum absolute atomic E-state index is 12.7. The van der Waals surface area contributed by atoms with E-state index in [4.69, 9.17) is 20.9 Å². The Kier molecular flexibility index (Phi) is 5.55. The monoisotopic (exact) mass is 550 g/mol. The number of nitrogens with zero attached hydrogens (tertiary/aromatic N) is 2. The molecule has 0 bridgehead atoms. The van der Waals surface area contributed by atoms with Crippen LogP contribution in [0.4, 0.5) is 0 Å². The molecular formula is C21H11ClN2O10S2. The van der Waals surface area contributed by atoms with E-state index in [0.717, 1.165) is 17.4 Å². The lowest BCUT2D eigenvalue weighted by Gasteiger charge is -2.12. The molecular weight excluding hydrogens is 540 g/mol. The van der Waals surface area contributed by atoms with Crippen LogP contribution in [0.25, 0.3) is 31.8 Å². The highest BCUT2D eigenvalue weighted by atomic mass is 35.5. The molecule has 1 fully saturated rings. The van der Waals surface area contributed by atoms with Gasteiger partial charge in [-0.3, -0.25) is 14.1 Å². The normalized spacial score (nSPS) is 14.2. The molecule has 184 valence electrons. The number of aromatic nitrogens is 1. The number of phenols is 1. The second-order valence-corrected chi connectivity index (χ2v) is 10.3. The van der Waals surface area contributed by atoms with Gasteiger partial charge in [-0.15, -0.1) is 16.4 Å². The van der Waals surface area contributed by atoms with Gasteiger partial charge in [0.1, 0.15) is 5.01 Å². The number of halogens is 1. The third-order valence-electron chi connectivity index (χ3n) is 5.20. The van der Waals surface area contributed by atoms with Crippen LogP contribution in [0.15, 0.2) is 44.4 Å². The molecule has 5 rings (SSSR count). The number of hydrogen-bond donors (Lipinski definition) is 2. The van der Waals surface area contributed by atoms with Gasteiger partial charge in [0, 0.05) is 18.2 Å². The largest absolute Gasteiger partial charge is 0.505 e. The number of rotatable bonds is 4. The lowest BCUT2D eigenvalue weighted by atomic mass is 10.2. The Morgan fingerprint density at radius 1 is 1.14 bits per heavy atom. The lowest BCUT2D eigenvalue weighted by Crippen LogP contribution is -2.32. The molecule has 0 unspecified atom stereocenters. The summed E-state index contributed by atoms with van der Waals surface area (Å²) in [7, 11) is -5.00. The van der Waals surface area contributed by atoms with Crippen molar-refractivity contribution in [2.45, 2.75) is 17.7 Å². The second-order valence-electron chi connectivity index (χ2n) is 7.54. The fraction of sp³-hybridized carbons (Fsp3) is 0.0952. The van der Waals surface area contributed by atoms with Gasteiger partial charge in [-0.1, -0.05) is 11.6 Å². The molecule has 0 spiro atoms. The van der Waals surface area contributed by atoms with E-state index in [2.05, 4.69) is 4.98 Å². The Balaban J connectivity index is 1.56. The number of aromatic hydroxyl groups is 1. The van der Waals surface area contributed by atoms with Gasteiger partial charge in [0.25, 0.3) is 11.8 Å². The van der Waals surface area contributed by atoms with Crippen LogP contribution in [0, 0.1) is 0 Å². The molecule has 0 aliphatic carbocycles. The number of imide groups is 1. The molecule has 1 aliphatic heterocycles. The number of phenolic OH excluding ortho intramolecular Hbond substituents is 1. The molecule has 15 heteroatoms. The molecule has 0 radical (unpaired) electrons. The molecule has 0 atom stereocenters. The van der Waals surface area contributed by atoms with E-state index in [1.54, 1.807) is 0 Å². The zero-order valence-corrected chi connectivity index (χ0v) is 19.9. The summed E-state index contributed by atoms with van der Waals surface area (Å²) in [5, 5.41) is 10.1. The third kappa shape index (κ3) is 3.99. The van der Waals surface area contributed by atoms with E-state index in [1.807, 2.05) is 0 Å². The Morgan fingerprint density at radius 3 is 2.50 bits per heavy atom. The fourth-order valence-electron chi connectivity index (χ4n) is 3.54. The number of thiazole rings is 1. The van der Waals surface area contributed by atoms with Gasteiger partial charge in [0.05, 0.1) is 26.4 Å². The van der Waals surface area contributed by atoms with Crippen LogP contribution in [-0.4, -0.2) is 45.9 Å². The van der Waals surface area contributed by atoms with Gasteiger partial charge < -0.3 is 14.4 Å². The van der Waals surface area contributed by atoms with E-state index < -0.39 is 54.8 Å². The summed E-state index contributed by atoms with van der Waals surface area (Å²) >= 11 is 6.87. The van der Waals surface area contributed by atoms with E-state index >= 15 is 0 Å². The van der Waals surface area contributed by atoms with E-state index in [1.165, 1.54) is 24.3 Å². The Morgan fingerprint density at radius 2 is 1.83 bits per heavy atom. The van der Waals surface area contributed by atoms with Crippen molar-refractivity contribution in [2.75, 3.05) is 0 Å². The summed E-state index contributed by atoms with van der Waals surface area (Å²) in [4.78, 5) is 56.7. The van der Waals surface area contributed by atoms with Gasteiger partial charge in [-0.2, -0.15) is 8.42 Å². The number of hydroxylamine groups is 2.